The average molecular weight is 287 g/mol. The average Bonchev–Trinajstić information content (AvgIpc) is 2.18. The molecule has 0 saturated heterocycles. The molecular formula is C12H26GeOSi. The van der Waals surface area contributed by atoms with Crippen molar-refractivity contribution in [3.8, 4) is 10.7 Å². The van der Waals surface area contributed by atoms with E-state index in [1.165, 1.54) is 15.8 Å². The van der Waals surface area contributed by atoms with Gasteiger partial charge in [-0.25, -0.2) is 0 Å². The summed E-state index contributed by atoms with van der Waals surface area (Å²) in [6.45, 7) is 14.2. The van der Waals surface area contributed by atoms with Crippen LogP contribution in [0.4, 0.5) is 0 Å². The summed E-state index contributed by atoms with van der Waals surface area (Å²) in [5, 5.41) is 3.98. The van der Waals surface area contributed by atoms with E-state index >= 15 is 0 Å². The van der Waals surface area contributed by atoms with Gasteiger partial charge in [0.1, 0.15) is 0 Å². The third kappa shape index (κ3) is 6.44. The summed E-state index contributed by atoms with van der Waals surface area (Å²) < 4.78 is 9.34. The summed E-state index contributed by atoms with van der Waals surface area (Å²) in [6, 6.07) is 0. The van der Waals surface area contributed by atoms with Crippen molar-refractivity contribution >= 4 is 21.6 Å². The van der Waals surface area contributed by atoms with Crippen LogP contribution in [0.2, 0.25) is 35.4 Å². The summed E-state index contributed by atoms with van der Waals surface area (Å²) >= 11 is -1.75. The van der Waals surface area contributed by atoms with Gasteiger partial charge in [-0.3, -0.25) is 0 Å². The molecule has 0 amide bonds. The fourth-order valence-corrected chi connectivity index (χ4v) is 7.19. The molecule has 0 aliphatic heterocycles. The molecule has 0 aromatic rings. The van der Waals surface area contributed by atoms with Crippen molar-refractivity contribution in [2.24, 2.45) is 0 Å². The van der Waals surface area contributed by atoms with Crippen molar-refractivity contribution in [1.29, 1.82) is 0 Å². The van der Waals surface area contributed by atoms with Gasteiger partial charge in [0.15, 0.2) is 0 Å². The summed E-state index contributed by atoms with van der Waals surface area (Å²) in [6.07, 6.45) is 0. The molecule has 0 aromatic heterocycles. The first kappa shape index (κ1) is 15.3. The van der Waals surface area contributed by atoms with Crippen molar-refractivity contribution < 1.29 is 4.43 Å². The Bertz CT molecular complexity index is 222. The molecule has 0 N–H and O–H groups in total. The zero-order valence-corrected chi connectivity index (χ0v) is 14.3. The summed E-state index contributed by atoms with van der Waals surface area (Å²) in [5.74, 6) is 3.28. The van der Waals surface area contributed by atoms with Gasteiger partial charge in [0, 0.05) is 0 Å². The van der Waals surface area contributed by atoms with Gasteiger partial charge in [-0.15, -0.1) is 0 Å². The van der Waals surface area contributed by atoms with Gasteiger partial charge in [-0.05, 0) is 0 Å². The van der Waals surface area contributed by atoms with E-state index in [0.29, 0.717) is 6.61 Å². The van der Waals surface area contributed by atoms with Gasteiger partial charge in [0.05, 0.1) is 0 Å². The van der Waals surface area contributed by atoms with E-state index < -0.39 is 21.6 Å². The van der Waals surface area contributed by atoms with Crippen LogP contribution >= 0.6 is 0 Å². The van der Waals surface area contributed by atoms with Gasteiger partial charge < -0.3 is 0 Å². The van der Waals surface area contributed by atoms with Crippen LogP contribution in [0.15, 0.2) is 0 Å². The molecule has 0 radical (unpaired) electrons. The first-order chi connectivity index (χ1) is 6.89. The quantitative estimate of drug-likeness (QED) is 0.550. The fourth-order valence-electron chi connectivity index (χ4n) is 1.49. The Morgan fingerprint density at radius 3 is 1.80 bits per heavy atom. The molecule has 3 heteroatoms. The van der Waals surface area contributed by atoms with Crippen LogP contribution in [-0.4, -0.2) is 28.2 Å². The Labute approximate surface area is 99.5 Å². The summed E-state index contributed by atoms with van der Waals surface area (Å²) in [5.41, 5.74) is 0. The molecule has 0 spiro atoms. The van der Waals surface area contributed by atoms with E-state index in [0.717, 1.165) is 0 Å². The molecule has 0 rings (SSSR count). The zero-order chi connectivity index (χ0) is 11.9. The maximum atomic E-state index is 5.75. The molecule has 88 valence electrons. The fraction of sp³-hybridized carbons (Fsp3) is 0.833. The molecule has 0 heterocycles. The number of rotatable bonds is 5. The second-order valence-corrected chi connectivity index (χ2v) is 19.9. The van der Waals surface area contributed by atoms with Gasteiger partial charge in [0.25, 0.3) is 0 Å². The van der Waals surface area contributed by atoms with E-state index in [1.54, 1.807) is 0 Å². The van der Waals surface area contributed by atoms with Gasteiger partial charge in [0.2, 0.25) is 0 Å². The van der Waals surface area contributed by atoms with Crippen molar-refractivity contribution in [2.45, 2.75) is 56.2 Å². The normalized spacial score (nSPS) is 12.1. The van der Waals surface area contributed by atoms with Crippen LogP contribution in [0.5, 0.6) is 0 Å². The minimum absolute atomic E-state index is 0.655. The van der Waals surface area contributed by atoms with Crippen molar-refractivity contribution in [1.82, 2.24) is 0 Å². The standard InChI is InChI=1S/C12H26GeOSi/c1-7-13(8-2,9-3)11-10-12-14-15(4,5)6/h7-9,12H2,1-6H3. The summed E-state index contributed by atoms with van der Waals surface area (Å²) in [7, 11) is -1.37. The van der Waals surface area contributed by atoms with E-state index in [9.17, 15) is 0 Å². The van der Waals surface area contributed by atoms with Gasteiger partial charge in [-0.2, -0.15) is 0 Å². The topological polar surface area (TPSA) is 9.23 Å². The molecule has 0 unspecified atom stereocenters. The number of hydrogen-bond donors (Lipinski definition) is 0. The van der Waals surface area contributed by atoms with Crippen LogP contribution in [-0.2, 0) is 4.43 Å². The second kappa shape index (κ2) is 6.77. The Morgan fingerprint density at radius 1 is 1.00 bits per heavy atom. The molecule has 0 bridgehead atoms. The van der Waals surface area contributed by atoms with Crippen molar-refractivity contribution in [3.63, 3.8) is 0 Å². The molecule has 0 fully saturated rings. The molecular weight excluding hydrogens is 261 g/mol. The van der Waals surface area contributed by atoms with E-state index in [-0.39, 0.29) is 0 Å². The van der Waals surface area contributed by atoms with Crippen LogP contribution in [0.1, 0.15) is 20.8 Å². The Morgan fingerprint density at radius 2 is 1.47 bits per heavy atom. The van der Waals surface area contributed by atoms with Gasteiger partial charge >= 0.3 is 99.5 Å². The first-order valence-electron chi connectivity index (χ1n) is 6.03. The predicted molar refractivity (Wildman–Crippen MR) is 74.3 cm³/mol. The van der Waals surface area contributed by atoms with E-state index in [2.05, 4.69) is 51.1 Å². The molecule has 15 heavy (non-hydrogen) atoms. The number of hydrogen-bond acceptors (Lipinski definition) is 1. The zero-order valence-electron chi connectivity index (χ0n) is 11.2. The second-order valence-electron chi connectivity index (χ2n) is 5.04. The van der Waals surface area contributed by atoms with Crippen LogP contribution in [0, 0.1) is 10.7 Å². The molecule has 1 nitrogen and oxygen atoms in total. The molecule has 0 aliphatic carbocycles. The SMILES string of the molecule is C[CH2][Ge]([C]#CCO[Si](C)(C)C)([CH2]C)[CH2]C. The molecule has 0 atom stereocenters. The third-order valence-electron chi connectivity index (χ3n) is 2.96. The first-order valence-corrected chi connectivity index (χ1v) is 14.9. The Balaban J connectivity index is 4.24. The van der Waals surface area contributed by atoms with E-state index in [4.69, 9.17) is 4.43 Å². The van der Waals surface area contributed by atoms with Crippen LogP contribution in [0.3, 0.4) is 0 Å². The third-order valence-corrected chi connectivity index (χ3v) is 14.0. The van der Waals surface area contributed by atoms with Crippen LogP contribution < -0.4 is 0 Å². The van der Waals surface area contributed by atoms with Gasteiger partial charge in [-0.1, -0.05) is 0 Å². The minimum atomic E-state index is -1.75. The van der Waals surface area contributed by atoms with Crippen LogP contribution in [0.25, 0.3) is 0 Å². The van der Waals surface area contributed by atoms with Crippen molar-refractivity contribution in [3.05, 3.63) is 0 Å². The van der Waals surface area contributed by atoms with Crippen molar-refractivity contribution in [2.75, 3.05) is 6.61 Å². The molecule has 0 aliphatic rings. The molecule has 0 aromatic carbocycles. The Hall–Kier alpha value is 0.280. The summed E-state index contributed by atoms with van der Waals surface area (Å²) in [4.78, 5) is 0. The predicted octanol–water partition coefficient (Wildman–Crippen LogP) is 3.89. The van der Waals surface area contributed by atoms with E-state index in [1.807, 2.05) is 0 Å². The molecule has 0 saturated carbocycles. The Kier molecular flexibility index (Phi) is 6.90. The maximum absolute atomic E-state index is 5.75. The monoisotopic (exact) mass is 288 g/mol.